The van der Waals surface area contributed by atoms with Crippen molar-refractivity contribution >= 4 is 17.6 Å². The van der Waals surface area contributed by atoms with E-state index in [4.69, 9.17) is 0 Å². The zero-order valence-corrected chi connectivity index (χ0v) is 18.6. The number of hydrogen-bond acceptors (Lipinski definition) is 7. The average Bonchev–Trinajstić information content (AvgIpc) is 3.58. The minimum atomic E-state index is -0.163. The van der Waals surface area contributed by atoms with Crippen molar-refractivity contribution in [2.45, 2.75) is 58.0 Å². The van der Waals surface area contributed by atoms with Crippen LogP contribution in [0.3, 0.4) is 0 Å². The summed E-state index contributed by atoms with van der Waals surface area (Å²) in [7, 11) is 0. The Morgan fingerprint density at radius 3 is 2.55 bits per heavy atom. The second-order valence-corrected chi connectivity index (χ2v) is 8.39. The first-order valence-electron chi connectivity index (χ1n) is 11.4. The van der Waals surface area contributed by atoms with Crippen LogP contribution in [0.2, 0.25) is 0 Å². The van der Waals surface area contributed by atoms with Crippen LogP contribution in [0.1, 0.15) is 54.6 Å². The number of unbranched alkanes of at least 4 members (excludes halogenated alkanes) is 1. The van der Waals surface area contributed by atoms with E-state index in [1.165, 1.54) is 25.7 Å². The van der Waals surface area contributed by atoms with Crippen molar-refractivity contribution in [1.82, 2.24) is 40.3 Å². The highest BCUT2D eigenvalue weighted by Gasteiger charge is 2.17. The molecule has 4 rings (SSSR count). The van der Waals surface area contributed by atoms with Crippen LogP contribution >= 0.6 is 0 Å². The third-order valence-electron chi connectivity index (χ3n) is 5.72. The van der Waals surface area contributed by atoms with E-state index in [-0.39, 0.29) is 18.2 Å². The maximum atomic E-state index is 12.2. The molecule has 11 heteroatoms. The molecule has 3 heterocycles. The Labute approximate surface area is 192 Å². The van der Waals surface area contributed by atoms with E-state index in [2.05, 4.69) is 36.2 Å². The zero-order chi connectivity index (χ0) is 22.9. The standard InChI is InChI=1S/C22H29N9O2/c32-21(12-18-8-5-9-23-13-18)25-20-16-31(29-27-20)11-4-3-10-30-15-19(26-28-30)22(33)24-14-17-6-1-2-7-17/h5,8-9,13,15-17H,1-4,6-7,10-12,14H2,(H,24,33)(H,25,32). The number of hydrogen-bond donors (Lipinski definition) is 2. The molecule has 0 atom stereocenters. The minimum Gasteiger partial charge on any atom is -0.350 e. The molecule has 3 aromatic heterocycles. The lowest BCUT2D eigenvalue weighted by atomic mass is 10.1. The van der Waals surface area contributed by atoms with Gasteiger partial charge in [-0.15, -0.1) is 10.2 Å². The van der Waals surface area contributed by atoms with Gasteiger partial charge >= 0.3 is 0 Å². The monoisotopic (exact) mass is 451 g/mol. The van der Waals surface area contributed by atoms with Gasteiger partial charge in [0.2, 0.25) is 5.91 Å². The Morgan fingerprint density at radius 1 is 1.03 bits per heavy atom. The first kappa shape index (κ1) is 22.6. The molecule has 11 nitrogen and oxygen atoms in total. The predicted molar refractivity (Wildman–Crippen MR) is 120 cm³/mol. The van der Waals surface area contributed by atoms with E-state index in [1.807, 2.05) is 6.07 Å². The Bertz CT molecular complexity index is 1040. The highest BCUT2D eigenvalue weighted by molar-refractivity contribution is 5.92. The van der Waals surface area contributed by atoms with Gasteiger partial charge in [-0.2, -0.15) is 0 Å². The molecule has 0 aliphatic heterocycles. The summed E-state index contributed by atoms with van der Waals surface area (Å²) in [5, 5.41) is 21.8. The largest absolute Gasteiger partial charge is 0.350 e. The summed E-state index contributed by atoms with van der Waals surface area (Å²) in [6.45, 7) is 2.04. The molecular formula is C22H29N9O2. The van der Waals surface area contributed by atoms with Crippen molar-refractivity contribution in [1.29, 1.82) is 0 Å². The number of aromatic nitrogens is 7. The Morgan fingerprint density at radius 2 is 1.79 bits per heavy atom. The zero-order valence-electron chi connectivity index (χ0n) is 18.6. The predicted octanol–water partition coefficient (Wildman–Crippen LogP) is 1.85. The number of rotatable bonds is 11. The molecule has 3 aromatic rings. The molecule has 0 spiro atoms. The van der Waals surface area contributed by atoms with Crippen LogP contribution in [0.4, 0.5) is 5.82 Å². The first-order valence-corrected chi connectivity index (χ1v) is 11.4. The van der Waals surface area contributed by atoms with Crippen molar-refractivity contribution in [3.63, 3.8) is 0 Å². The van der Waals surface area contributed by atoms with E-state index < -0.39 is 0 Å². The van der Waals surface area contributed by atoms with Crippen molar-refractivity contribution in [3.05, 3.63) is 48.2 Å². The van der Waals surface area contributed by atoms with Gasteiger partial charge in [0.25, 0.3) is 5.91 Å². The van der Waals surface area contributed by atoms with Crippen LogP contribution in [0, 0.1) is 5.92 Å². The smallest absolute Gasteiger partial charge is 0.273 e. The molecule has 2 N–H and O–H groups in total. The molecule has 1 aliphatic rings. The topological polar surface area (TPSA) is 133 Å². The Hall–Kier alpha value is -3.63. The fourth-order valence-electron chi connectivity index (χ4n) is 3.94. The Balaban J connectivity index is 1.14. The van der Waals surface area contributed by atoms with Gasteiger partial charge in [-0.25, -0.2) is 0 Å². The second kappa shape index (κ2) is 11.3. The number of amides is 2. The number of carbonyl (C=O) groups is 2. The van der Waals surface area contributed by atoms with Crippen LogP contribution < -0.4 is 10.6 Å². The van der Waals surface area contributed by atoms with Crippen LogP contribution in [0.25, 0.3) is 0 Å². The van der Waals surface area contributed by atoms with E-state index in [0.29, 0.717) is 30.5 Å². The lowest BCUT2D eigenvalue weighted by molar-refractivity contribution is -0.115. The average molecular weight is 452 g/mol. The van der Waals surface area contributed by atoms with Gasteiger partial charge in [-0.1, -0.05) is 29.3 Å². The van der Waals surface area contributed by atoms with E-state index in [1.54, 1.807) is 40.2 Å². The van der Waals surface area contributed by atoms with E-state index >= 15 is 0 Å². The molecule has 0 bridgehead atoms. The van der Waals surface area contributed by atoms with Crippen LogP contribution in [0.15, 0.2) is 36.9 Å². The SMILES string of the molecule is O=C(Cc1cccnc1)Nc1cn(CCCCn2cc(C(=O)NCC3CCCC3)nn2)nn1. The summed E-state index contributed by atoms with van der Waals surface area (Å²) >= 11 is 0. The third kappa shape index (κ3) is 6.93. The lowest BCUT2D eigenvalue weighted by Crippen LogP contribution is -2.28. The van der Waals surface area contributed by atoms with Gasteiger partial charge in [0.15, 0.2) is 11.5 Å². The molecule has 1 saturated carbocycles. The number of carbonyl (C=O) groups excluding carboxylic acids is 2. The van der Waals surface area contributed by atoms with Gasteiger partial charge in [-0.3, -0.25) is 23.9 Å². The van der Waals surface area contributed by atoms with Crippen molar-refractivity contribution in [3.8, 4) is 0 Å². The van der Waals surface area contributed by atoms with Crippen molar-refractivity contribution in [2.75, 3.05) is 11.9 Å². The number of nitrogens with one attached hydrogen (secondary N) is 2. The molecule has 2 amide bonds. The number of pyridine rings is 1. The third-order valence-corrected chi connectivity index (χ3v) is 5.72. The number of aryl methyl sites for hydroxylation is 2. The van der Waals surface area contributed by atoms with Gasteiger partial charge < -0.3 is 10.6 Å². The normalized spacial score (nSPS) is 13.8. The van der Waals surface area contributed by atoms with Crippen molar-refractivity contribution < 1.29 is 9.59 Å². The maximum Gasteiger partial charge on any atom is 0.273 e. The molecule has 1 fully saturated rings. The van der Waals surface area contributed by atoms with E-state index in [9.17, 15) is 9.59 Å². The molecule has 0 unspecified atom stereocenters. The molecule has 174 valence electrons. The molecule has 0 radical (unpaired) electrons. The summed E-state index contributed by atoms with van der Waals surface area (Å²) in [5.41, 5.74) is 1.20. The number of anilines is 1. The summed E-state index contributed by atoms with van der Waals surface area (Å²) in [5.74, 6) is 0.697. The fraction of sp³-hybridized carbons (Fsp3) is 0.500. The second-order valence-electron chi connectivity index (χ2n) is 8.39. The van der Waals surface area contributed by atoms with Gasteiger partial charge in [-0.05, 0) is 43.2 Å². The molecule has 1 aliphatic carbocycles. The molecule has 0 saturated heterocycles. The maximum absolute atomic E-state index is 12.2. The fourth-order valence-corrected chi connectivity index (χ4v) is 3.94. The molecular weight excluding hydrogens is 422 g/mol. The van der Waals surface area contributed by atoms with Crippen LogP contribution in [-0.4, -0.2) is 53.3 Å². The summed E-state index contributed by atoms with van der Waals surface area (Å²) in [6.07, 6.45) is 13.6. The van der Waals surface area contributed by atoms with Gasteiger partial charge in [0, 0.05) is 32.0 Å². The van der Waals surface area contributed by atoms with Crippen molar-refractivity contribution in [2.24, 2.45) is 5.92 Å². The summed E-state index contributed by atoms with van der Waals surface area (Å²) < 4.78 is 3.39. The summed E-state index contributed by atoms with van der Waals surface area (Å²) in [6, 6.07) is 3.65. The van der Waals surface area contributed by atoms with Gasteiger partial charge in [0.05, 0.1) is 18.8 Å². The Kier molecular flexibility index (Phi) is 7.72. The molecule has 0 aromatic carbocycles. The van der Waals surface area contributed by atoms with Crippen LogP contribution in [-0.2, 0) is 24.3 Å². The highest BCUT2D eigenvalue weighted by atomic mass is 16.2. The first-order chi connectivity index (χ1) is 16.2. The lowest BCUT2D eigenvalue weighted by Gasteiger charge is -2.08. The summed E-state index contributed by atoms with van der Waals surface area (Å²) in [4.78, 5) is 28.3. The number of nitrogens with zero attached hydrogens (tertiary/aromatic N) is 7. The van der Waals surface area contributed by atoms with Crippen LogP contribution in [0.5, 0.6) is 0 Å². The molecule has 33 heavy (non-hydrogen) atoms. The van der Waals surface area contributed by atoms with E-state index in [0.717, 1.165) is 24.9 Å². The quantitative estimate of drug-likeness (QED) is 0.425. The minimum absolute atomic E-state index is 0.158. The highest BCUT2D eigenvalue weighted by Crippen LogP contribution is 2.23. The van der Waals surface area contributed by atoms with Gasteiger partial charge in [0.1, 0.15) is 0 Å².